The van der Waals surface area contributed by atoms with Crippen molar-refractivity contribution in [2.75, 3.05) is 31.6 Å². The molecule has 27 heavy (non-hydrogen) atoms. The summed E-state index contributed by atoms with van der Waals surface area (Å²) >= 11 is 0. The molecule has 0 radical (unpaired) electrons. The van der Waals surface area contributed by atoms with Crippen LogP contribution in [0.4, 0.5) is 5.69 Å². The van der Waals surface area contributed by atoms with E-state index in [1.54, 1.807) is 10.9 Å². The third kappa shape index (κ3) is 4.53. The number of aromatic nitrogens is 4. The Morgan fingerprint density at radius 2 is 2.19 bits per heavy atom. The van der Waals surface area contributed by atoms with Crippen LogP contribution in [0.15, 0.2) is 30.6 Å². The summed E-state index contributed by atoms with van der Waals surface area (Å²) in [7, 11) is 1.87. The van der Waals surface area contributed by atoms with Crippen LogP contribution in [0.1, 0.15) is 17.8 Å². The molecule has 2 aromatic heterocycles. The summed E-state index contributed by atoms with van der Waals surface area (Å²) in [5, 5.41) is 7.08. The molecule has 3 aromatic rings. The number of ether oxygens (including phenoxy) is 1. The average Bonchev–Trinajstić information content (AvgIpc) is 3.26. The molecular weight excluding hydrogens is 344 g/mol. The summed E-state index contributed by atoms with van der Waals surface area (Å²) < 4.78 is 7.13. The van der Waals surface area contributed by atoms with Crippen LogP contribution in [-0.4, -0.2) is 56.9 Å². The van der Waals surface area contributed by atoms with Gasteiger partial charge in [-0.3, -0.25) is 14.4 Å². The number of rotatable bonds is 6. The zero-order chi connectivity index (χ0) is 18.6. The lowest BCUT2D eigenvalue weighted by Gasteiger charge is -2.25. The Bertz CT molecular complexity index is 925. The van der Waals surface area contributed by atoms with E-state index in [1.807, 2.05) is 31.4 Å². The van der Waals surface area contributed by atoms with Gasteiger partial charge in [0, 0.05) is 38.4 Å². The number of carbonyl (C=O) groups excluding carboxylic acids is 1. The van der Waals surface area contributed by atoms with E-state index in [9.17, 15) is 4.79 Å². The minimum atomic E-state index is -0.00809. The highest BCUT2D eigenvalue weighted by atomic mass is 16.5. The zero-order valence-corrected chi connectivity index (χ0v) is 15.4. The van der Waals surface area contributed by atoms with Gasteiger partial charge in [0.25, 0.3) is 0 Å². The van der Waals surface area contributed by atoms with Gasteiger partial charge in [-0.05, 0) is 30.2 Å². The second-order valence-electron chi connectivity index (χ2n) is 6.87. The summed E-state index contributed by atoms with van der Waals surface area (Å²) in [5.74, 6) is 0.929. The lowest BCUT2D eigenvalue weighted by Crippen LogP contribution is -2.35. The molecule has 1 amide bonds. The number of aromatic amines is 1. The molecule has 4 rings (SSSR count). The first-order valence-electron chi connectivity index (χ1n) is 9.22. The molecule has 1 aromatic carbocycles. The number of benzene rings is 1. The molecular formula is C19H24N6O2. The van der Waals surface area contributed by atoms with Crippen LogP contribution in [0.25, 0.3) is 11.0 Å². The molecule has 8 nitrogen and oxygen atoms in total. The number of morpholine rings is 1. The third-order valence-corrected chi connectivity index (χ3v) is 4.69. The lowest BCUT2D eigenvalue weighted by atomic mass is 10.2. The number of amides is 1. The molecule has 1 aliphatic rings. The Balaban J connectivity index is 1.36. The van der Waals surface area contributed by atoms with Crippen LogP contribution in [0, 0.1) is 0 Å². The molecule has 8 heteroatoms. The standard InChI is InChI=1S/C19H24N6O2/c1-24-12-14(11-20-24)2-5-19(26)21-15-3-4-16-17(10-15)23-18(22-16)13-25-6-8-27-9-7-25/h3-4,10-12H,2,5-9,13H2,1H3,(H,21,26)(H,22,23). The van der Waals surface area contributed by atoms with Crippen LogP contribution in [-0.2, 0) is 29.5 Å². The highest BCUT2D eigenvalue weighted by Crippen LogP contribution is 2.18. The number of hydrogen-bond acceptors (Lipinski definition) is 5. The van der Waals surface area contributed by atoms with E-state index in [1.165, 1.54) is 0 Å². The van der Waals surface area contributed by atoms with Crippen molar-refractivity contribution in [1.82, 2.24) is 24.6 Å². The van der Waals surface area contributed by atoms with Crippen molar-refractivity contribution in [3.8, 4) is 0 Å². The smallest absolute Gasteiger partial charge is 0.224 e. The quantitative estimate of drug-likeness (QED) is 0.691. The fraction of sp³-hybridized carbons (Fsp3) is 0.421. The van der Waals surface area contributed by atoms with E-state index in [0.717, 1.165) is 61.0 Å². The first kappa shape index (κ1) is 17.7. The van der Waals surface area contributed by atoms with Gasteiger partial charge in [-0.15, -0.1) is 0 Å². The minimum Gasteiger partial charge on any atom is -0.379 e. The van der Waals surface area contributed by atoms with Crippen molar-refractivity contribution in [3.63, 3.8) is 0 Å². The van der Waals surface area contributed by atoms with Gasteiger partial charge in [0.05, 0.1) is 37.0 Å². The van der Waals surface area contributed by atoms with Crippen molar-refractivity contribution in [3.05, 3.63) is 42.0 Å². The van der Waals surface area contributed by atoms with Gasteiger partial charge in [0.1, 0.15) is 5.82 Å². The van der Waals surface area contributed by atoms with Gasteiger partial charge in [-0.25, -0.2) is 4.98 Å². The summed E-state index contributed by atoms with van der Waals surface area (Å²) in [6.45, 7) is 4.18. The Labute approximate surface area is 157 Å². The normalized spacial score (nSPS) is 15.3. The van der Waals surface area contributed by atoms with Gasteiger partial charge in [0.15, 0.2) is 0 Å². The Morgan fingerprint density at radius 3 is 2.96 bits per heavy atom. The van der Waals surface area contributed by atoms with Crippen LogP contribution in [0.2, 0.25) is 0 Å². The van der Waals surface area contributed by atoms with E-state index in [4.69, 9.17) is 4.74 Å². The fourth-order valence-corrected chi connectivity index (χ4v) is 3.27. The molecule has 0 bridgehead atoms. The summed E-state index contributed by atoms with van der Waals surface area (Å²) in [6, 6.07) is 5.77. The number of fused-ring (bicyclic) bond motifs is 1. The third-order valence-electron chi connectivity index (χ3n) is 4.69. The van der Waals surface area contributed by atoms with Gasteiger partial charge in [-0.1, -0.05) is 0 Å². The van der Waals surface area contributed by atoms with Crippen molar-refractivity contribution in [2.45, 2.75) is 19.4 Å². The van der Waals surface area contributed by atoms with Crippen LogP contribution < -0.4 is 5.32 Å². The van der Waals surface area contributed by atoms with E-state index in [0.29, 0.717) is 12.8 Å². The number of nitrogens with one attached hydrogen (secondary N) is 2. The van der Waals surface area contributed by atoms with Gasteiger partial charge < -0.3 is 15.0 Å². The highest BCUT2D eigenvalue weighted by molar-refractivity contribution is 5.93. The second kappa shape index (κ2) is 7.89. The van der Waals surface area contributed by atoms with Gasteiger partial charge >= 0.3 is 0 Å². The SMILES string of the molecule is Cn1cc(CCC(=O)Nc2ccc3nc(CN4CCOCC4)[nH]c3c2)cn1. The minimum absolute atomic E-state index is 0.00809. The number of nitrogens with zero attached hydrogens (tertiary/aromatic N) is 4. The number of H-pyrrole nitrogens is 1. The lowest BCUT2D eigenvalue weighted by molar-refractivity contribution is -0.116. The second-order valence-corrected chi connectivity index (χ2v) is 6.87. The Hall–Kier alpha value is -2.71. The molecule has 0 spiro atoms. The summed E-state index contributed by atoms with van der Waals surface area (Å²) in [5.41, 5.74) is 3.68. The topological polar surface area (TPSA) is 88.1 Å². The number of carbonyl (C=O) groups is 1. The van der Waals surface area contributed by atoms with Gasteiger partial charge in [-0.2, -0.15) is 5.10 Å². The molecule has 0 unspecified atom stereocenters. The molecule has 1 aliphatic heterocycles. The van der Waals surface area contributed by atoms with Crippen LogP contribution in [0.5, 0.6) is 0 Å². The highest BCUT2D eigenvalue weighted by Gasteiger charge is 2.13. The average molecular weight is 368 g/mol. The summed E-state index contributed by atoms with van der Waals surface area (Å²) in [4.78, 5) is 22.5. The molecule has 0 saturated carbocycles. The fourth-order valence-electron chi connectivity index (χ4n) is 3.27. The Kier molecular flexibility index (Phi) is 5.17. The van der Waals surface area contributed by atoms with Crippen molar-refractivity contribution in [1.29, 1.82) is 0 Å². The predicted octanol–water partition coefficient (Wildman–Crippen LogP) is 1.70. The first-order valence-corrected chi connectivity index (χ1v) is 9.22. The van der Waals surface area contributed by atoms with E-state index in [2.05, 4.69) is 25.3 Å². The largest absolute Gasteiger partial charge is 0.379 e. The zero-order valence-electron chi connectivity index (χ0n) is 15.4. The monoisotopic (exact) mass is 368 g/mol. The Morgan fingerprint density at radius 1 is 1.33 bits per heavy atom. The van der Waals surface area contributed by atoms with Crippen molar-refractivity contribution in [2.24, 2.45) is 7.05 Å². The number of anilines is 1. The van der Waals surface area contributed by atoms with Crippen molar-refractivity contribution < 1.29 is 9.53 Å². The maximum absolute atomic E-state index is 12.2. The number of aryl methyl sites for hydroxylation is 2. The number of hydrogen-bond donors (Lipinski definition) is 2. The molecule has 1 saturated heterocycles. The molecule has 142 valence electrons. The van der Waals surface area contributed by atoms with E-state index >= 15 is 0 Å². The first-order chi connectivity index (χ1) is 13.2. The van der Waals surface area contributed by atoms with Crippen LogP contribution >= 0.6 is 0 Å². The molecule has 1 fully saturated rings. The maximum Gasteiger partial charge on any atom is 0.224 e. The molecule has 0 aliphatic carbocycles. The summed E-state index contributed by atoms with van der Waals surface area (Å²) in [6.07, 6.45) is 4.82. The molecule has 2 N–H and O–H groups in total. The van der Waals surface area contributed by atoms with E-state index < -0.39 is 0 Å². The maximum atomic E-state index is 12.2. The predicted molar refractivity (Wildman–Crippen MR) is 102 cm³/mol. The molecule has 3 heterocycles. The van der Waals surface area contributed by atoms with Crippen LogP contribution in [0.3, 0.4) is 0 Å². The molecule has 0 atom stereocenters. The van der Waals surface area contributed by atoms with E-state index in [-0.39, 0.29) is 5.91 Å². The number of imidazole rings is 1. The van der Waals surface area contributed by atoms with Crippen molar-refractivity contribution >= 4 is 22.6 Å². The van der Waals surface area contributed by atoms with Gasteiger partial charge in [0.2, 0.25) is 5.91 Å².